The zero-order chi connectivity index (χ0) is 20.5. The Morgan fingerprint density at radius 1 is 1.07 bits per heavy atom. The zero-order valence-corrected chi connectivity index (χ0v) is 15.8. The Hall–Kier alpha value is -2.77. The molecule has 4 nitrogen and oxygen atoms in total. The topological polar surface area (TPSA) is 55.1 Å². The molecule has 0 aliphatic heterocycles. The van der Waals surface area contributed by atoms with Crippen molar-refractivity contribution in [2.45, 2.75) is 12.6 Å². The van der Waals surface area contributed by atoms with E-state index in [0.29, 0.717) is 28.3 Å². The van der Waals surface area contributed by atoms with Gasteiger partial charge in [0.1, 0.15) is 16.9 Å². The number of furan rings is 2. The number of pyridine rings is 1. The van der Waals surface area contributed by atoms with Crippen LogP contribution in [0, 0.1) is 0 Å². The number of hydrogen-bond acceptors (Lipinski definition) is 3. The van der Waals surface area contributed by atoms with Crippen molar-refractivity contribution in [2.24, 2.45) is 0 Å². The van der Waals surface area contributed by atoms with Crippen LogP contribution in [-0.4, -0.2) is 10.9 Å². The van der Waals surface area contributed by atoms with Gasteiger partial charge in [-0.15, -0.1) is 0 Å². The second kappa shape index (κ2) is 6.11. The average molecular weight is 437 g/mol. The number of halogens is 5. The Morgan fingerprint density at radius 2 is 1.83 bits per heavy atom. The van der Waals surface area contributed by atoms with Crippen LogP contribution in [0.4, 0.5) is 18.9 Å². The van der Waals surface area contributed by atoms with Crippen LogP contribution in [0.15, 0.2) is 40.8 Å². The van der Waals surface area contributed by atoms with Gasteiger partial charge in [-0.05, 0) is 30.3 Å². The summed E-state index contributed by atoms with van der Waals surface area (Å²) in [6, 6.07) is 8.15. The molecule has 0 radical (unpaired) electrons. The van der Waals surface area contributed by atoms with Gasteiger partial charge < -0.3 is 9.73 Å². The van der Waals surface area contributed by atoms with Crippen LogP contribution in [0.3, 0.4) is 0 Å². The van der Waals surface area contributed by atoms with Gasteiger partial charge in [0, 0.05) is 23.2 Å². The van der Waals surface area contributed by atoms with E-state index in [-0.39, 0.29) is 21.8 Å². The lowest BCUT2D eigenvalue weighted by atomic mass is 10.0. The number of hydrogen-bond donors (Lipinski definition) is 1. The Morgan fingerprint density at radius 3 is 2.55 bits per heavy atom. The van der Waals surface area contributed by atoms with Crippen molar-refractivity contribution in [1.29, 1.82) is 0 Å². The number of nitrogens with zero attached hydrogens (tertiary/aromatic N) is 1. The van der Waals surface area contributed by atoms with Crippen LogP contribution in [0.5, 0.6) is 0 Å². The van der Waals surface area contributed by atoms with E-state index in [1.165, 1.54) is 24.3 Å². The third-order valence-electron chi connectivity index (χ3n) is 4.75. The zero-order valence-electron chi connectivity index (χ0n) is 14.3. The molecule has 1 amide bonds. The lowest BCUT2D eigenvalue weighted by molar-refractivity contribution is -0.141. The normalized spacial score (nSPS) is 13.0. The maximum Gasteiger partial charge on any atom is 0.433 e. The molecule has 0 fully saturated rings. The first-order valence-electron chi connectivity index (χ1n) is 8.44. The van der Waals surface area contributed by atoms with E-state index < -0.39 is 17.8 Å². The second-order valence-electron chi connectivity index (χ2n) is 6.63. The fourth-order valence-electron chi connectivity index (χ4n) is 3.38. The molecule has 2 bridgehead atoms. The van der Waals surface area contributed by atoms with Gasteiger partial charge >= 0.3 is 6.18 Å². The number of fused-ring (bicyclic) bond motifs is 5. The van der Waals surface area contributed by atoms with Gasteiger partial charge in [-0.1, -0.05) is 29.3 Å². The van der Waals surface area contributed by atoms with Gasteiger partial charge in [0.15, 0.2) is 0 Å². The summed E-state index contributed by atoms with van der Waals surface area (Å²) in [4.78, 5) is 16.7. The highest BCUT2D eigenvalue weighted by Crippen LogP contribution is 2.50. The Kier molecular flexibility index (Phi) is 3.85. The molecule has 0 saturated heterocycles. The highest BCUT2D eigenvalue weighted by molar-refractivity contribution is 6.42. The summed E-state index contributed by atoms with van der Waals surface area (Å²) in [5, 5.41) is 3.29. The summed E-state index contributed by atoms with van der Waals surface area (Å²) in [6.07, 6.45) is -3.95. The van der Waals surface area contributed by atoms with Crippen LogP contribution in [0.1, 0.15) is 27.2 Å². The van der Waals surface area contributed by atoms with Crippen molar-refractivity contribution in [2.75, 3.05) is 5.32 Å². The number of amides is 1. The van der Waals surface area contributed by atoms with Crippen LogP contribution < -0.4 is 5.32 Å². The first-order valence-corrected chi connectivity index (χ1v) is 9.20. The molecule has 146 valence electrons. The molecule has 0 unspecified atom stereocenters. The molecule has 9 heteroatoms. The van der Waals surface area contributed by atoms with Crippen LogP contribution in [0.25, 0.3) is 22.4 Å². The number of carbonyl (C=O) groups is 1. The number of carbonyl (C=O) groups excluding carboxylic acids is 1. The lowest BCUT2D eigenvalue weighted by Crippen LogP contribution is -2.13. The van der Waals surface area contributed by atoms with Gasteiger partial charge in [0.2, 0.25) is 0 Å². The standard InChI is InChI=1S/C20H9Cl2F3N2O2/c21-11-5-4-8(6-12(11)22)26-19(28)16-15(17-9-7-10(9)18(16)29-17)13-2-1-3-14(27-13)20(23,24)25/h1-6H,7H2,(H,26,28). The summed E-state index contributed by atoms with van der Waals surface area (Å²) in [7, 11) is 0. The molecule has 3 aromatic heterocycles. The van der Waals surface area contributed by atoms with Crippen LogP contribution in [0.2, 0.25) is 10.0 Å². The number of anilines is 1. The first kappa shape index (κ1) is 18.3. The molecule has 4 aromatic rings. The fourth-order valence-corrected chi connectivity index (χ4v) is 3.68. The van der Waals surface area contributed by atoms with Gasteiger partial charge in [-0.2, -0.15) is 13.2 Å². The summed E-state index contributed by atoms with van der Waals surface area (Å²) < 4.78 is 45.0. The van der Waals surface area contributed by atoms with Crippen LogP contribution in [-0.2, 0) is 12.6 Å². The third-order valence-corrected chi connectivity index (χ3v) is 5.49. The van der Waals surface area contributed by atoms with Gasteiger partial charge in [0.05, 0.1) is 26.9 Å². The van der Waals surface area contributed by atoms with Crippen molar-refractivity contribution in [3.63, 3.8) is 0 Å². The van der Waals surface area contributed by atoms with E-state index in [1.54, 1.807) is 6.07 Å². The monoisotopic (exact) mass is 436 g/mol. The molecule has 1 aliphatic carbocycles. The highest BCUT2D eigenvalue weighted by Gasteiger charge is 2.39. The molecular weight excluding hydrogens is 428 g/mol. The van der Waals surface area contributed by atoms with Gasteiger partial charge in [-0.3, -0.25) is 4.79 Å². The SMILES string of the molecule is O=C(Nc1ccc(Cl)c(Cl)c1)c1c(-c2cccc(C(F)(F)F)n2)c2oc1c1c2C1. The van der Waals surface area contributed by atoms with Gasteiger partial charge in [-0.25, -0.2) is 4.98 Å². The van der Waals surface area contributed by atoms with E-state index in [2.05, 4.69) is 10.3 Å². The van der Waals surface area contributed by atoms with Crippen molar-refractivity contribution >= 4 is 46.0 Å². The smallest absolute Gasteiger partial charge is 0.433 e. The Bertz CT molecular complexity index is 1300. The molecule has 1 aromatic carbocycles. The maximum atomic E-state index is 13.1. The summed E-state index contributed by atoms with van der Waals surface area (Å²) in [5.41, 5.74) is 2.39. The Balaban J connectivity index is 1.60. The summed E-state index contributed by atoms with van der Waals surface area (Å²) >= 11 is 11.9. The number of nitrogens with one attached hydrogen (secondary N) is 1. The highest BCUT2D eigenvalue weighted by atomic mass is 35.5. The predicted octanol–water partition coefficient (Wildman–Crippen LogP) is 6.41. The van der Waals surface area contributed by atoms with E-state index in [4.69, 9.17) is 27.6 Å². The molecule has 29 heavy (non-hydrogen) atoms. The van der Waals surface area contributed by atoms with Crippen molar-refractivity contribution in [1.82, 2.24) is 4.98 Å². The number of alkyl halides is 3. The molecule has 5 rings (SSSR count). The molecule has 0 atom stereocenters. The summed E-state index contributed by atoms with van der Waals surface area (Å²) in [6.45, 7) is 0. The number of benzene rings is 2. The van der Waals surface area contributed by atoms with E-state index in [0.717, 1.165) is 17.2 Å². The van der Waals surface area contributed by atoms with Gasteiger partial charge in [0.25, 0.3) is 5.91 Å². The average Bonchev–Trinajstić information content (AvgIpc) is 3.28. The molecule has 0 spiro atoms. The molecule has 1 N–H and O–H groups in total. The van der Waals surface area contributed by atoms with Crippen molar-refractivity contribution in [3.05, 3.63) is 68.8 Å². The minimum absolute atomic E-state index is 0.0302. The quantitative estimate of drug-likeness (QED) is 0.355. The van der Waals surface area contributed by atoms with E-state index >= 15 is 0 Å². The van der Waals surface area contributed by atoms with Crippen molar-refractivity contribution < 1.29 is 22.4 Å². The molecule has 0 saturated carbocycles. The maximum absolute atomic E-state index is 13.1. The Labute approximate surface area is 171 Å². The minimum Gasteiger partial charge on any atom is -0.455 e. The fraction of sp³-hybridized carbons (Fsp3) is 0.100. The first-order chi connectivity index (χ1) is 13.7. The summed E-state index contributed by atoms with van der Waals surface area (Å²) in [5.74, 6) is -0.527. The van der Waals surface area contributed by atoms with E-state index in [1.807, 2.05) is 0 Å². The van der Waals surface area contributed by atoms with E-state index in [9.17, 15) is 18.0 Å². The molecule has 3 heterocycles. The molecular formula is C20H9Cl2F3N2O2. The lowest BCUT2D eigenvalue weighted by Gasteiger charge is -2.10. The second-order valence-corrected chi connectivity index (χ2v) is 7.45. The molecule has 1 aliphatic rings. The van der Waals surface area contributed by atoms with Crippen molar-refractivity contribution in [3.8, 4) is 11.3 Å². The largest absolute Gasteiger partial charge is 0.455 e. The number of aromatic nitrogens is 1. The third kappa shape index (κ3) is 2.92. The number of rotatable bonds is 3. The minimum atomic E-state index is -4.60. The van der Waals surface area contributed by atoms with Crippen LogP contribution >= 0.6 is 23.2 Å². The predicted molar refractivity (Wildman–Crippen MR) is 103 cm³/mol.